The van der Waals surface area contributed by atoms with Crippen molar-refractivity contribution < 1.29 is 37.0 Å². The fraction of sp³-hybridized carbons (Fsp3) is 0.231. The van der Waals surface area contributed by atoms with E-state index in [0.29, 0.717) is 5.76 Å². The van der Waals surface area contributed by atoms with Crippen molar-refractivity contribution in [2.24, 2.45) is 0 Å². The number of Topliss-reactive ketones (excluding diaryl/α,β-unsaturated/α-hetero) is 1. The fourth-order valence-corrected chi connectivity index (χ4v) is 4.13. The van der Waals surface area contributed by atoms with Crippen molar-refractivity contribution in [1.29, 1.82) is 0 Å². The van der Waals surface area contributed by atoms with Crippen LogP contribution in [-0.2, 0) is 22.3 Å². The lowest BCUT2D eigenvalue weighted by Crippen LogP contribution is -2.29. The molecule has 1 aromatic heterocycles. The number of rotatable bonds is 5. The molecule has 1 amide bonds. The number of aliphatic hydroxyl groups is 1. The van der Waals surface area contributed by atoms with E-state index in [1.165, 1.54) is 19.2 Å². The second kappa shape index (κ2) is 8.98. The minimum absolute atomic E-state index is 0.170. The van der Waals surface area contributed by atoms with Gasteiger partial charge in [-0.2, -0.15) is 13.2 Å². The van der Waals surface area contributed by atoms with Gasteiger partial charge in [-0.05, 0) is 55.8 Å². The van der Waals surface area contributed by atoms with Gasteiger partial charge in [0.15, 0.2) is 0 Å². The van der Waals surface area contributed by atoms with E-state index >= 15 is 0 Å². The number of amides is 1. The predicted molar refractivity (Wildman–Crippen MR) is 120 cm³/mol. The molecule has 1 N–H and O–H groups in total. The normalized spacial score (nSPS) is 17.8. The quantitative estimate of drug-likeness (QED) is 0.291. The Balaban J connectivity index is 1.86. The van der Waals surface area contributed by atoms with Gasteiger partial charge in [-0.3, -0.25) is 9.59 Å². The third-order valence-electron chi connectivity index (χ3n) is 5.79. The maximum absolute atomic E-state index is 13.2. The zero-order valence-electron chi connectivity index (χ0n) is 19.1. The van der Waals surface area contributed by atoms with Crippen LogP contribution in [0, 0.1) is 13.8 Å². The molecule has 1 fully saturated rings. The minimum Gasteiger partial charge on any atom is -0.507 e. The van der Waals surface area contributed by atoms with Gasteiger partial charge in [0.1, 0.15) is 29.1 Å². The van der Waals surface area contributed by atoms with Crippen LogP contribution in [0.15, 0.2) is 64.6 Å². The van der Waals surface area contributed by atoms with Gasteiger partial charge >= 0.3 is 6.18 Å². The van der Waals surface area contributed by atoms with Gasteiger partial charge in [-0.15, -0.1) is 0 Å². The molecular weight excluding hydrogens is 463 g/mol. The number of benzene rings is 2. The van der Waals surface area contributed by atoms with Crippen molar-refractivity contribution in [2.45, 2.75) is 32.6 Å². The fourth-order valence-electron chi connectivity index (χ4n) is 4.13. The van der Waals surface area contributed by atoms with Gasteiger partial charge < -0.3 is 19.2 Å². The van der Waals surface area contributed by atoms with Crippen molar-refractivity contribution in [1.82, 2.24) is 4.90 Å². The smallest absolute Gasteiger partial charge is 0.416 e. The Hall–Kier alpha value is -4.01. The number of carbonyl (C=O) groups excluding carboxylic acids is 2. The molecule has 4 rings (SSSR count). The summed E-state index contributed by atoms with van der Waals surface area (Å²) in [5, 5.41) is 11.2. The summed E-state index contributed by atoms with van der Waals surface area (Å²) >= 11 is 0. The van der Waals surface area contributed by atoms with E-state index in [0.717, 1.165) is 22.6 Å². The second-order valence-corrected chi connectivity index (χ2v) is 8.28. The van der Waals surface area contributed by atoms with Gasteiger partial charge in [0.05, 0.1) is 23.8 Å². The number of methoxy groups -OCH3 is 1. The lowest BCUT2D eigenvalue weighted by atomic mass is 9.97. The number of ketones is 1. The summed E-state index contributed by atoms with van der Waals surface area (Å²) < 4.78 is 50.7. The lowest BCUT2D eigenvalue weighted by Gasteiger charge is -2.24. The number of likely N-dealkylation sites (tertiary alicyclic amines) is 1. The van der Waals surface area contributed by atoms with Gasteiger partial charge in [-0.1, -0.05) is 23.8 Å². The Morgan fingerprint density at radius 2 is 1.83 bits per heavy atom. The van der Waals surface area contributed by atoms with Gasteiger partial charge in [0.25, 0.3) is 11.7 Å². The van der Waals surface area contributed by atoms with Crippen LogP contribution in [0.3, 0.4) is 0 Å². The van der Waals surface area contributed by atoms with Crippen molar-refractivity contribution in [3.63, 3.8) is 0 Å². The molecule has 1 atom stereocenters. The molecule has 182 valence electrons. The van der Waals surface area contributed by atoms with Crippen molar-refractivity contribution in [3.8, 4) is 5.75 Å². The standard InChI is InChI=1S/C26H22F3NO5/c1-14-7-9-19(34-3)18(11-14)23(31)21-22(20-10-8-15(2)35-20)30(25(33)24(21)32)13-16-5-4-6-17(12-16)26(27,28)29/h4-12,22,31H,13H2,1-3H3/b23-21-. The van der Waals surface area contributed by atoms with Crippen LogP contribution in [0.4, 0.5) is 13.2 Å². The molecule has 1 aliphatic rings. The van der Waals surface area contributed by atoms with Crippen LogP contribution >= 0.6 is 0 Å². The Labute approximate surface area is 199 Å². The van der Waals surface area contributed by atoms with Crippen molar-refractivity contribution in [2.75, 3.05) is 7.11 Å². The molecule has 0 aliphatic carbocycles. The Bertz CT molecular complexity index is 1340. The van der Waals surface area contributed by atoms with Crippen LogP contribution < -0.4 is 4.74 Å². The minimum atomic E-state index is -4.57. The second-order valence-electron chi connectivity index (χ2n) is 8.28. The number of hydrogen-bond donors (Lipinski definition) is 1. The van der Waals surface area contributed by atoms with E-state index < -0.39 is 35.2 Å². The molecule has 1 saturated heterocycles. The summed E-state index contributed by atoms with van der Waals surface area (Å²) in [5.41, 5.74) is 0.0404. The first-order valence-electron chi connectivity index (χ1n) is 10.7. The van der Waals surface area contributed by atoms with Crippen LogP contribution in [0.2, 0.25) is 0 Å². The van der Waals surface area contributed by atoms with Crippen molar-refractivity contribution in [3.05, 3.63) is 93.9 Å². The zero-order chi connectivity index (χ0) is 25.5. The highest BCUT2D eigenvalue weighted by Gasteiger charge is 2.48. The van der Waals surface area contributed by atoms with E-state index in [1.807, 2.05) is 0 Å². The topological polar surface area (TPSA) is 80.0 Å². The molecule has 2 aromatic carbocycles. The van der Waals surface area contributed by atoms with E-state index in [9.17, 15) is 27.9 Å². The number of furan rings is 1. The molecular formula is C26H22F3NO5. The van der Waals surface area contributed by atoms with E-state index in [1.54, 1.807) is 44.2 Å². The molecule has 6 nitrogen and oxygen atoms in total. The molecule has 9 heteroatoms. The number of alkyl halides is 3. The molecule has 2 heterocycles. The summed E-state index contributed by atoms with van der Waals surface area (Å²) in [6, 6.07) is 11.6. The molecule has 0 bridgehead atoms. The summed E-state index contributed by atoms with van der Waals surface area (Å²) in [7, 11) is 1.40. The first-order chi connectivity index (χ1) is 16.5. The van der Waals surface area contributed by atoms with E-state index in [4.69, 9.17) is 9.15 Å². The molecule has 0 saturated carbocycles. The first kappa shape index (κ1) is 24.1. The maximum Gasteiger partial charge on any atom is 0.416 e. The van der Waals surface area contributed by atoms with Gasteiger partial charge in [0.2, 0.25) is 0 Å². The highest BCUT2D eigenvalue weighted by molar-refractivity contribution is 6.46. The molecule has 0 spiro atoms. The number of nitrogens with zero attached hydrogens (tertiary/aromatic N) is 1. The first-order valence-corrected chi connectivity index (χ1v) is 10.7. The Kier molecular flexibility index (Phi) is 6.19. The lowest BCUT2D eigenvalue weighted by molar-refractivity contribution is -0.140. The molecule has 35 heavy (non-hydrogen) atoms. The highest BCUT2D eigenvalue weighted by atomic mass is 19.4. The zero-order valence-corrected chi connectivity index (χ0v) is 19.1. The Morgan fingerprint density at radius 1 is 1.09 bits per heavy atom. The molecule has 1 unspecified atom stereocenters. The van der Waals surface area contributed by atoms with Crippen LogP contribution in [0.1, 0.15) is 39.8 Å². The predicted octanol–water partition coefficient (Wildman–Crippen LogP) is 5.55. The number of aryl methyl sites for hydroxylation is 2. The number of ether oxygens (including phenoxy) is 1. The Morgan fingerprint density at radius 3 is 2.46 bits per heavy atom. The van der Waals surface area contributed by atoms with Crippen molar-refractivity contribution >= 4 is 17.4 Å². The average Bonchev–Trinajstić information content (AvgIpc) is 3.34. The number of aliphatic hydroxyl groups excluding tert-OH is 1. The number of halogens is 3. The summed E-state index contributed by atoms with van der Waals surface area (Å²) in [6.45, 7) is 3.16. The highest BCUT2D eigenvalue weighted by Crippen LogP contribution is 2.42. The summed E-state index contributed by atoms with van der Waals surface area (Å²) in [5.74, 6) is -1.42. The summed E-state index contributed by atoms with van der Waals surface area (Å²) in [4.78, 5) is 27.3. The monoisotopic (exact) mass is 485 g/mol. The number of hydrogen-bond acceptors (Lipinski definition) is 5. The molecule has 1 aliphatic heterocycles. The third-order valence-corrected chi connectivity index (χ3v) is 5.79. The van der Waals surface area contributed by atoms with Crippen LogP contribution in [0.25, 0.3) is 5.76 Å². The SMILES string of the molecule is COc1ccc(C)cc1/C(O)=C1/C(=O)C(=O)N(Cc2cccc(C(F)(F)F)c2)C1c1ccc(C)o1. The van der Waals surface area contributed by atoms with E-state index in [-0.39, 0.29) is 34.8 Å². The summed E-state index contributed by atoms with van der Waals surface area (Å²) in [6.07, 6.45) is -4.57. The van der Waals surface area contributed by atoms with Crippen LogP contribution in [-0.4, -0.2) is 28.8 Å². The third kappa shape index (κ3) is 4.53. The number of carbonyl (C=O) groups is 2. The van der Waals surface area contributed by atoms with Crippen LogP contribution in [0.5, 0.6) is 5.75 Å². The van der Waals surface area contributed by atoms with Gasteiger partial charge in [0, 0.05) is 6.54 Å². The maximum atomic E-state index is 13.2. The van der Waals surface area contributed by atoms with E-state index in [2.05, 4.69) is 0 Å². The average molecular weight is 485 g/mol. The molecule has 0 radical (unpaired) electrons. The molecule has 3 aromatic rings. The largest absolute Gasteiger partial charge is 0.507 e. The van der Waals surface area contributed by atoms with Gasteiger partial charge in [-0.25, -0.2) is 0 Å².